The molecule has 1 saturated heterocycles. The SMILES string of the molecule is CCCCC1SC(=Nc2ccc(C)cc2)NC1=O. The lowest BCUT2D eigenvalue weighted by atomic mass is 10.2. The zero-order valence-electron chi connectivity index (χ0n) is 10.8. The number of amides is 1. The second-order valence-corrected chi connectivity index (χ2v) is 5.68. The van der Waals surface area contributed by atoms with E-state index in [1.165, 1.54) is 5.56 Å². The molecular weight excluding hydrogens is 244 g/mol. The minimum Gasteiger partial charge on any atom is -0.304 e. The number of carbonyl (C=O) groups excluding carboxylic acids is 1. The molecule has 0 spiro atoms. The lowest BCUT2D eigenvalue weighted by Crippen LogP contribution is -2.24. The number of benzene rings is 1. The molecule has 0 aromatic heterocycles. The molecule has 4 heteroatoms. The van der Waals surface area contributed by atoms with Crippen molar-refractivity contribution in [3.8, 4) is 0 Å². The molecule has 0 aliphatic carbocycles. The van der Waals surface area contributed by atoms with E-state index in [-0.39, 0.29) is 11.2 Å². The number of rotatable bonds is 4. The standard InChI is InChI=1S/C14H18N2OS/c1-3-4-5-12-13(17)16-14(18-12)15-11-8-6-10(2)7-9-11/h6-9,12H,3-5H2,1-2H3,(H,15,16,17). The molecule has 1 amide bonds. The first-order valence-corrected chi connectivity index (χ1v) is 7.20. The van der Waals surface area contributed by atoms with Gasteiger partial charge in [0.25, 0.3) is 0 Å². The third-order valence-corrected chi connectivity index (χ3v) is 4.01. The fraction of sp³-hybridized carbons (Fsp3) is 0.429. The highest BCUT2D eigenvalue weighted by molar-refractivity contribution is 8.15. The quantitative estimate of drug-likeness (QED) is 0.903. The third-order valence-electron chi connectivity index (χ3n) is 2.86. The van der Waals surface area contributed by atoms with Gasteiger partial charge in [0, 0.05) is 0 Å². The molecule has 1 atom stereocenters. The first-order chi connectivity index (χ1) is 8.69. The molecule has 0 bridgehead atoms. The molecule has 1 fully saturated rings. The number of amidine groups is 1. The van der Waals surface area contributed by atoms with Crippen LogP contribution in [0.4, 0.5) is 5.69 Å². The van der Waals surface area contributed by atoms with E-state index >= 15 is 0 Å². The first-order valence-electron chi connectivity index (χ1n) is 6.32. The normalized spacial score (nSPS) is 21.3. The van der Waals surface area contributed by atoms with E-state index in [0.29, 0.717) is 0 Å². The smallest absolute Gasteiger partial charge is 0.239 e. The Kier molecular flexibility index (Phi) is 4.42. The van der Waals surface area contributed by atoms with Gasteiger partial charge in [0.05, 0.1) is 10.9 Å². The summed E-state index contributed by atoms with van der Waals surface area (Å²) >= 11 is 1.55. The van der Waals surface area contributed by atoms with Crippen molar-refractivity contribution in [3.05, 3.63) is 29.8 Å². The summed E-state index contributed by atoms with van der Waals surface area (Å²) in [6, 6.07) is 7.98. The molecule has 96 valence electrons. The second kappa shape index (κ2) is 6.05. The van der Waals surface area contributed by atoms with Gasteiger partial charge in [-0.3, -0.25) is 4.79 Å². The van der Waals surface area contributed by atoms with Crippen LogP contribution in [-0.4, -0.2) is 16.3 Å². The van der Waals surface area contributed by atoms with E-state index in [9.17, 15) is 4.79 Å². The van der Waals surface area contributed by atoms with Gasteiger partial charge in [0.2, 0.25) is 5.91 Å². The van der Waals surface area contributed by atoms with Crippen molar-refractivity contribution in [2.75, 3.05) is 0 Å². The van der Waals surface area contributed by atoms with E-state index < -0.39 is 0 Å². The summed E-state index contributed by atoms with van der Waals surface area (Å²) in [5.41, 5.74) is 2.10. The van der Waals surface area contributed by atoms with Crippen LogP contribution in [0.1, 0.15) is 31.7 Å². The van der Waals surface area contributed by atoms with Gasteiger partial charge in [-0.1, -0.05) is 49.2 Å². The van der Waals surface area contributed by atoms with E-state index in [4.69, 9.17) is 0 Å². The van der Waals surface area contributed by atoms with Crippen LogP contribution >= 0.6 is 11.8 Å². The molecule has 18 heavy (non-hydrogen) atoms. The maximum atomic E-state index is 11.7. The molecule has 2 rings (SSSR count). The predicted molar refractivity (Wildman–Crippen MR) is 77.3 cm³/mol. The molecular formula is C14H18N2OS. The van der Waals surface area contributed by atoms with E-state index in [2.05, 4.69) is 17.2 Å². The largest absolute Gasteiger partial charge is 0.304 e. The number of hydrogen-bond donors (Lipinski definition) is 1. The monoisotopic (exact) mass is 262 g/mol. The van der Waals surface area contributed by atoms with Crippen molar-refractivity contribution < 1.29 is 4.79 Å². The molecule has 0 radical (unpaired) electrons. The number of carbonyl (C=O) groups is 1. The highest BCUT2D eigenvalue weighted by Gasteiger charge is 2.29. The summed E-state index contributed by atoms with van der Waals surface area (Å²) in [5.74, 6) is 0.0966. The molecule has 1 unspecified atom stereocenters. The van der Waals surface area contributed by atoms with Gasteiger partial charge in [-0.2, -0.15) is 0 Å². The summed E-state index contributed by atoms with van der Waals surface area (Å²) < 4.78 is 0. The van der Waals surface area contributed by atoms with E-state index in [1.54, 1.807) is 11.8 Å². The summed E-state index contributed by atoms with van der Waals surface area (Å²) in [6.45, 7) is 4.18. The maximum absolute atomic E-state index is 11.7. The van der Waals surface area contributed by atoms with Crippen LogP contribution in [0.2, 0.25) is 0 Å². The fourth-order valence-corrected chi connectivity index (χ4v) is 2.81. The van der Waals surface area contributed by atoms with Crippen molar-refractivity contribution in [2.45, 2.75) is 38.4 Å². The lowest BCUT2D eigenvalue weighted by Gasteiger charge is -2.01. The molecule has 1 N–H and O–H groups in total. The van der Waals surface area contributed by atoms with E-state index in [1.807, 2.05) is 31.2 Å². The van der Waals surface area contributed by atoms with Gasteiger partial charge in [-0.15, -0.1) is 0 Å². The first kappa shape index (κ1) is 13.1. The number of nitrogens with one attached hydrogen (secondary N) is 1. The number of thioether (sulfide) groups is 1. The molecule has 0 saturated carbocycles. The Balaban J connectivity index is 2.02. The maximum Gasteiger partial charge on any atom is 0.239 e. The van der Waals surface area contributed by atoms with Gasteiger partial charge in [-0.05, 0) is 25.5 Å². The van der Waals surface area contributed by atoms with Crippen LogP contribution < -0.4 is 5.32 Å². The van der Waals surface area contributed by atoms with Gasteiger partial charge in [0.15, 0.2) is 5.17 Å². The molecule has 1 aromatic rings. The van der Waals surface area contributed by atoms with Gasteiger partial charge < -0.3 is 5.32 Å². The molecule has 1 aliphatic heterocycles. The highest BCUT2D eigenvalue weighted by Crippen LogP contribution is 2.26. The van der Waals surface area contributed by atoms with Crippen molar-refractivity contribution in [1.82, 2.24) is 5.32 Å². The Hall–Kier alpha value is -1.29. The number of unbranched alkanes of at least 4 members (excludes halogenated alkanes) is 1. The van der Waals surface area contributed by atoms with Crippen LogP contribution in [-0.2, 0) is 4.79 Å². The van der Waals surface area contributed by atoms with Gasteiger partial charge >= 0.3 is 0 Å². The van der Waals surface area contributed by atoms with Crippen LogP contribution in [0.25, 0.3) is 0 Å². The Morgan fingerprint density at radius 2 is 2.06 bits per heavy atom. The number of hydrogen-bond acceptors (Lipinski definition) is 3. The molecule has 3 nitrogen and oxygen atoms in total. The second-order valence-electron chi connectivity index (χ2n) is 4.49. The highest BCUT2D eigenvalue weighted by atomic mass is 32.2. The Morgan fingerprint density at radius 1 is 1.33 bits per heavy atom. The number of aryl methyl sites for hydroxylation is 1. The number of nitrogens with zero attached hydrogens (tertiary/aromatic N) is 1. The van der Waals surface area contributed by atoms with Gasteiger partial charge in [0.1, 0.15) is 0 Å². The third kappa shape index (κ3) is 3.35. The Bertz CT molecular complexity index is 453. The van der Waals surface area contributed by atoms with Gasteiger partial charge in [-0.25, -0.2) is 4.99 Å². The summed E-state index contributed by atoms with van der Waals surface area (Å²) in [5, 5.41) is 3.61. The van der Waals surface area contributed by atoms with Crippen LogP contribution in [0.15, 0.2) is 29.3 Å². The average molecular weight is 262 g/mol. The predicted octanol–water partition coefficient (Wildman–Crippen LogP) is 3.40. The van der Waals surface area contributed by atoms with Crippen LogP contribution in [0.3, 0.4) is 0 Å². The van der Waals surface area contributed by atoms with Crippen molar-refractivity contribution in [1.29, 1.82) is 0 Å². The zero-order chi connectivity index (χ0) is 13.0. The van der Waals surface area contributed by atoms with Crippen LogP contribution in [0, 0.1) is 6.92 Å². The Morgan fingerprint density at radius 3 is 2.72 bits per heavy atom. The summed E-state index contributed by atoms with van der Waals surface area (Å²) in [4.78, 5) is 16.2. The average Bonchev–Trinajstić information content (AvgIpc) is 2.70. The topological polar surface area (TPSA) is 41.5 Å². The summed E-state index contributed by atoms with van der Waals surface area (Å²) in [7, 11) is 0. The molecule has 1 aromatic carbocycles. The fourth-order valence-electron chi connectivity index (χ4n) is 1.77. The molecule has 1 aliphatic rings. The zero-order valence-corrected chi connectivity index (χ0v) is 11.6. The lowest BCUT2D eigenvalue weighted by molar-refractivity contribution is -0.118. The minimum absolute atomic E-state index is 0.0362. The summed E-state index contributed by atoms with van der Waals surface area (Å²) in [6.07, 6.45) is 3.14. The Labute approximate surface area is 112 Å². The van der Waals surface area contributed by atoms with Crippen molar-refractivity contribution in [3.63, 3.8) is 0 Å². The number of aliphatic imine (C=N–C) groups is 1. The van der Waals surface area contributed by atoms with Crippen molar-refractivity contribution >= 4 is 28.5 Å². The molecule has 1 heterocycles. The van der Waals surface area contributed by atoms with E-state index in [0.717, 1.165) is 30.1 Å². The minimum atomic E-state index is 0.0362. The van der Waals surface area contributed by atoms with Crippen LogP contribution in [0.5, 0.6) is 0 Å². The van der Waals surface area contributed by atoms with Crippen molar-refractivity contribution in [2.24, 2.45) is 4.99 Å².